The zero-order chi connectivity index (χ0) is 11.7. The Morgan fingerprint density at radius 1 is 1.20 bits per heavy atom. The predicted octanol–water partition coefficient (Wildman–Crippen LogP) is 3.13. The second-order valence-corrected chi connectivity index (χ2v) is 2.74. The van der Waals surface area contributed by atoms with Crippen LogP contribution in [0.15, 0.2) is 18.2 Å². The number of hydrogen-bond acceptors (Lipinski definition) is 2. The lowest BCUT2D eigenvalue weighted by Gasteiger charge is -2.00. The molecule has 0 spiro atoms. The standard InChI is InChI=1S/C9H11NO.2C2H6/c10-6-7-1-2-9-8(5-7)3-4-11-9;2*1-2/h1-2,5H,3-4,6,10H2;2*1-2H3. The highest BCUT2D eigenvalue weighted by atomic mass is 16.5. The minimum atomic E-state index is 0.618. The number of benzene rings is 1. The van der Waals surface area contributed by atoms with E-state index < -0.39 is 0 Å². The number of hydrogen-bond donors (Lipinski definition) is 1. The van der Waals surface area contributed by atoms with Gasteiger partial charge in [-0.2, -0.15) is 0 Å². The van der Waals surface area contributed by atoms with Crippen LogP contribution < -0.4 is 10.5 Å². The number of nitrogens with two attached hydrogens (primary N) is 1. The summed E-state index contributed by atoms with van der Waals surface area (Å²) in [7, 11) is 0. The van der Waals surface area contributed by atoms with Crippen LogP contribution in [0.5, 0.6) is 5.75 Å². The maximum Gasteiger partial charge on any atom is 0.122 e. The summed E-state index contributed by atoms with van der Waals surface area (Å²) in [4.78, 5) is 0. The number of rotatable bonds is 1. The van der Waals surface area contributed by atoms with Gasteiger partial charge in [0.2, 0.25) is 0 Å². The fourth-order valence-corrected chi connectivity index (χ4v) is 1.37. The lowest BCUT2D eigenvalue weighted by molar-refractivity contribution is 0.357. The first-order chi connectivity index (χ1) is 7.40. The summed E-state index contributed by atoms with van der Waals surface area (Å²) in [5.41, 5.74) is 7.99. The third-order valence-corrected chi connectivity index (χ3v) is 1.99. The van der Waals surface area contributed by atoms with Gasteiger partial charge in [-0.15, -0.1) is 0 Å². The molecule has 0 saturated heterocycles. The average molecular weight is 209 g/mol. The summed E-state index contributed by atoms with van der Waals surface area (Å²) >= 11 is 0. The molecule has 0 atom stereocenters. The molecule has 0 saturated carbocycles. The van der Waals surface area contributed by atoms with E-state index in [4.69, 9.17) is 10.5 Å². The fraction of sp³-hybridized carbons (Fsp3) is 0.538. The molecule has 86 valence electrons. The Labute approximate surface area is 93.4 Å². The number of fused-ring (bicyclic) bond motifs is 1. The van der Waals surface area contributed by atoms with Gasteiger partial charge in [0, 0.05) is 13.0 Å². The van der Waals surface area contributed by atoms with Crippen LogP contribution in [0.1, 0.15) is 38.8 Å². The van der Waals surface area contributed by atoms with Crippen molar-refractivity contribution in [2.45, 2.75) is 40.7 Å². The summed E-state index contributed by atoms with van der Waals surface area (Å²) in [5.74, 6) is 1.03. The molecule has 1 aromatic rings. The Hall–Kier alpha value is -1.02. The average Bonchev–Trinajstić information content (AvgIpc) is 2.81. The molecule has 0 aliphatic carbocycles. The molecule has 1 heterocycles. The highest BCUT2D eigenvalue weighted by molar-refractivity contribution is 5.39. The second kappa shape index (κ2) is 8.30. The first-order valence-corrected chi connectivity index (χ1v) is 5.85. The molecule has 0 unspecified atom stereocenters. The second-order valence-electron chi connectivity index (χ2n) is 2.74. The number of ether oxygens (including phenoxy) is 1. The Kier molecular flexibility index (Phi) is 7.74. The van der Waals surface area contributed by atoms with E-state index in [0.717, 1.165) is 18.8 Å². The molecule has 0 aromatic heterocycles. The Bertz CT molecular complexity index is 271. The third kappa shape index (κ3) is 3.92. The Balaban J connectivity index is 0.000000442. The summed E-state index contributed by atoms with van der Waals surface area (Å²) in [6.45, 7) is 9.44. The molecule has 0 amide bonds. The van der Waals surface area contributed by atoms with E-state index in [0.29, 0.717) is 6.54 Å². The van der Waals surface area contributed by atoms with E-state index in [1.54, 1.807) is 0 Å². The van der Waals surface area contributed by atoms with Crippen LogP contribution in [0, 0.1) is 0 Å². The Morgan fingerprint density at radius 2 is 1.87 bits per heavy atom. The molecular weight excluding hydrogens is 186 g/mol. The van der Waals surface area contributed by atoms with Gasteiger partial charge in [0.25, 0.3) is 0 Å². The first kappa shape index (κ1) is 14.0. The van der Waals surface area contributed by atoms with Gasteiger partial charge >= 0.3 is 0 Å². The third-order valence-electron chi connectivity index (χ3n) is 1.99. The van der Waals surface area contributed by atoms with Crippen molar-refractivity contribution in [3.63, 3.8) is 0 Å². The van der Waals surface area contributed by atoms with Gasteiger partial charge in [0.05, 0.1) is 6.61 Å². The van der Waals surface area contributed by atoms with Crippen LogP contribution in [-0.2, 0) is 13.0 Å². The quantitative estimate of drug-likeness (QED) is 0.771. The topological polar surface area (TPSA) is 35.2 Å². The van der Waals surface area contributed by atoms with E-state index in [-0.39, 0.29) is 0 Å². The SMILES string of the molecule is CC.CC.NCc1ccc2c(c1)CCO2. The lowest BCUT2D eigenvalue weighted by Crippen LogP contribution is -1.95. The maximum atomic E-state index is 5.50. The highest BCUT2D eigenvalue weighted by Crippen LogP contribution is 2.25. The molecule has 0 radical (unpaired) electrons. The van der Waals surface area contributed by atoms with Crippen molar-refractivity contribution in [3.05, 3.63) is 29.3 Å². The van der Waals surface area contributed by atoms with Gasteiger partial charge in [-0.1, -0.05) is 39.8 Å². The van der Waals surface area contributed by atoms with Crippen LogP contribution in [0.3, 0.4) is 0 Å². The molecule has 1 aromatic carbocycles. The van der Waals surface area contributed by atoms with E-state index in [2.05, 4.69) is 6.07 Å². The Morgan fingerprint density at radius 3 is 2.47 bits per heavy atom. The van der Waals surface area contributed by atoms with E-state index in [1.807, 2.05) is 39.8 Å². The highest BCUT2D eigenvalue weighted by Gasteiger charge is 2.10. The lowest BCUT2D eigenvalue weighted by atomic mass is 10.1. The maximum absolute atomic E-state index is 5.50. The van der Waals surface area contributed by atoms with Crippen molar-refractivity contribution < 1.29 is 4.74 Å². The van der Waals surface area contributed by atoms with Gasteiger partial charge in [0.1, 0.15) is 5.75 Å². The van der Waals surface area contributed by atoms with Crippen LogP contribution in [0.25, 0.3) is 0 Å². The zero-order valence-corrected chi connectivity index (χ0v) is 10.3. The van der Waals surface area contributed by atoms with E-state index in [9.17, 15) is 0 Å². The minimum absolute atomic E-state index is 0.618. The van der Waals surface area contributed by atoms with Crippen molar-refractivity contribution in [2.24, 2.45) is 5.73 Å². The van der Waals surface area contributed by atoms with Crippen molar-refractivity contribution in [1.82, 2.24) is 0 Å². The van der Waals surface area contributed by atoms with Crippen LogP contribution in [0.2, 0.25) is 0 Å². The summed E-state index contributed by atoms with van der Waals surface area (Å²) < 4.78 is 5.36. The van der Waals surface area contributed by atoms with Crippen LogP contribution in [0.4, 0.5) is 0 Å². The van der Waals surface area contributed by atoms with Crippen molar-refractivity contribution in [3.8, 4) is 5.75 Å². The molecule has 2 nitrogen and oxygen atoms in total. The van der Waals surface area contributed by atoms with Gasteiger partial charge in [-0.3, -0.25) is 0 Å². The predicted molar refractivity (Wildman–Crippen MR) is 66.2 cm³/mol. The molecule has 2 N–H and O–H groups in total. The molecule has 0 fully saturated rings. The van der Waals surface area contributed by atoms with Gasteiger partial charge in [-0.05, 0) is 17.2 Å². The molecule has 1 aliphatic heterocycles. The molecule has 1 aliphatic rings. The summed E-state index contributed by atoms with van der Waals surface area (Å²) in [6, 6.07) is 6.15. The van der Waals surface area contributed by atoms with E-state index >= 15 is 0 Å². The summed E-state index contributed by atoms with van der Waals surface area (Å²) in [5, 5.41) is 0. The fourth-order valence-electron chi connectivity index (χ4n) is 1.37. The molecule has 15 heavy (non-hydrogen) atoms. The van der Waals surface area contributed by atoms with Gasteiger partial charge in [-0.25, -0.2) is 0 Å². The first-order valence-electron chi connectivity index (χ1n) is 5.85. The van der Waals surface area contributed by atoms with Gasteiger partial charge in [0.15, 0.2) is 0 Å². The largest absolute Gasteiger partial charge is 0.493 e. The molecule has 0 bridgehead atoms. The van der Waals surface area contributed by atoms with Gasteiger partial charge < -0.3 is 10.5 Å². The molecule has 2 rings (SSSR count). The monoisotopic (exact) mass is 209 g/mol. The normalized spacial score (nSPS) is 11.3. The van der Waals surface area contributed by atoms with Crippen molar-refractivity contribution in [1.29, 1.82) is 0 Å². The van der Waals surface area contributed by atoms with Crippen LogP contribution >= 0.6 is 0 Å². The zero-order valence-electron chi connectivity index (χ0n) is 10.3. The minimum Gasteiger partial charge on any atom is -0.493 e. The van der Waals surface area contributed by atoms with E-state index in [1.165, 1.54) is 11.1 Å². The smallest absolute Gasteiger partial charge is 0.122 e. The van der Waals surface area contributed by atoms with Crippen molar-refractivity contribution in [2.75, 3.05) is 6.61 Å². The summed E-state index contributed by atoms with van der Waals surface area (Å²) in [6.07, 6.45) is 1.03. The molecular formula is C13H23NO. The van der Waals surface area contributed by atoms with Crippen molar-refractivity contribution >= 4 is 0 Å². The van der Waals surface area contributed by atoms with Crippen LogP contribution in [-0.4, -0.2) is 6.61 Å². The molecule has 2 heteroatoms.